The van der Waals surface area contributed by atoms with E-state index in [9.17, 15) is 0 Å². The summed E-state index contributed by atoms with van der Waals surface area (Å²) >= 11 is 0. The fourth-order valence-corrected chi connectivity index (χ4v) is 2.62. The van der Waals surface area contributed by atoms with Crippen molar-refractivity contribution >= 4 is 0 Å². The molecule has 2 aromatic heterocycles. The molecule has 4 heteroatoms. The summed E-state index contributed by atoms with van der Waals surface area (Å²) in [5.74, 6) is 0.653. The van der Waals surface area contributed by atoms with Crippen LogP contribution in [0, 0.1) is 0 Å². The Labute approximate surface area is 112 Å². The van der Waals surface area contributed by atoms with Crippen LogP contribution in [0.25, 0.3) is 11.1 Å². The van der Waals surface area contributed by atoms with E-state index < -0.39 is 0 Å². The van der Waals surface area contributed by atoms with Crippen molar-refractivity contribution in [1.29, 1.82) is 0 Å². The van der Waals surface area contributed by atoms with Gasteiger partial charge in [0.15, 0.2) is 0 Å². The fraction of sp³-hybridized carbons (Fsp3) is 0.467. The third-order valence-electron chi connectivity index (χ3n) is 4.19. The van der Waals surface area contributed by atoms with E-state index in [2.05, 4.69) is 28.4 Å². The Morgan fingerprint density at radius 3 is 2.68 bits per heavy atom. The van der Waals surface area contributed by atoms with Crippen molar-refractivity contribution in [2.75, 3.05) is 0 Å². The molecule has 4 rings (SSSR count). The molecule has 0 aromatic carbocycles. The molecule has 0 atom stereocenters. The number of hydrogen-bond acceptors (Lipinski definition) is 3. The Morgan fingerprint density at radius 2 is 2.11 bits per heavy atom. The molecule has 0 saturated heterocycles. The van der Waals surface area contributed by atoms with E-state index in [1.165, 1.54) is 24.1 Å². The molecule has 2 aliphatic rings. The van der Waals surface area contributed by atoms with Crippen LogP contribution >= 0.6 is 0 Å². The summed E-state index contributed by atoms with van der Waals surface area (Å²) in [6, 6.07) is 4.21. The number of nitrogens with two attached hydrogens (primary N) is 1. The second kappa shape index (κ2) is 3.67. The van der Waals surface area contributed by atoms with Crippen molar-refractivity contribution in [3.8, 4) is 11.1 Å². The number of aryl methyl sites for hydroxylation is 1. The average molecular weight is 254 g/mol. The highest BCUT2D eigenvalue weighted by Crippen LogP contribution is 2.44. The van der Waals surface area contributed by atoms with Gasteiger partial charge in [0.2, 0.25) is 0 Å². The first-order chi connectivity index (χ1) is 9.16. The fourth-order valence-electron chi connectivity index (χ4n) is 2.62. The topological polar surface area (TPSA) is 56.7 Å². The van der Waals surface area contributed by atoms with Crippen LogP contribution < -0.4 is 5.73 Å². The highest BCUT2D eigenvalue weighted by molar-refractivity contribution is 5.65. The van der Waals surface area contributed by atoms with E-state index in [1.807, 2.05) is 17.9 Å². The molecular formula is C15H18N4. The first-order valence-corrected chi connectivity index (χ1v) is 6.95. The smallest absolute Gasteiger partial charge is 0.0734 e. The van der Waals surface area contributed by atoms with Gasteiger partial charge in [-0.1, -0.05) is 6.07 Å². The van der Waals surface area contributed by atoms with Crippen molar-refractivity contribution in [2.45, 2.75) is 37.1 Å². The number of rotatable bonds is 3. The molecule has 0 spiro atoms. The zero-order valence-electron chi connectivity index (χ0n) is 11.1. The third-order valence-corrected chi connectivity index (χ3v) is 4.19. The van der Waals surface area contributed by atoms with Crippen LogP contribution in [0.2, 0.25) is 0 Å². The summed E-state index contributed by atoms with van der Waals surface area (Å²) in [6.07, 6.45) is 8.69. The molecular weight excluding hydrogens is 236 g/mol. The molecule has 0 aliphatic heterocycles. The Kier molecular flexibility index (Phi) is 2.16. The van der Waals surface area contributed by atoms with Gasteiger partial charge in [-0.15, -0.1) is 0 Å². The van der Waals surface area contributed by atoms with Gasteiger partial charge in [-0.05, 0) is 31.7 Å². The van der Waals surface area contributed by atoms with Crippen LogP contribution in [0.4, 0.5) is 0 Å². The first kappa shape index (κ1) is 11.2. The molecule has 2 heterocycles. The minimum atomic E-state index is -0.146. The van der Waals surface area contributed by atoms with Gasteiger partial charge in [0.05, 0.1) is 16.9 Å². The van der Waals surface area contributed by atoms with E-state index >= 15 is 0 Å². The summed E-state index contributed by atoms with van der Waals surface area (Å²) in [4.78, 5) is 4.56. The van der Waals surface area contributed by atoms with Gasteiger partial charge in [-0.2, -0.15) is 5.10 Å². The Morgan fingerprint density at radius 1 is 1.32 bits per heavy atom. The van der Waals surface area contributed by atoms with Gasteiger partial charge in [0, 0.05) is 36.5 Å². The molecule has 0 radical (unpaired) electrons. The zero-order valence-corrected chi connectivity index (χ0v) is 11.1. The lowest BCUT2D eigenvalue weighted by Crippen LogP contribution is -2.19. The molecule has 0 bridgehead atoms. The van der Waals surface area contributed by atoms with Crippen molar-refractivity contribution in [3.05, 3.63) is 35.9 Å². The van der Waals surface area contributed by atoms with Crippen molar-refractivity contribution in [1.82, 2.24) is 14.8 Å². The SMILES string of the molecule is Cn1cc(-c2ccc(C3(N)CC3)nc2)c(C2CC2)n1. The molecule has 19 heavy (non-hydrogen) atoms. The monoisotopic (exact) mass is 254 g/mol. The van der Waals surface area contributed by atoms with Crippen LogP contribution in [-0.2, 0) is 12.6 Å². The highest BCUT2D eigenvalue weighted by atomic mass is 15.3. The quantitative estimate of drug-likeness (QED) is 0.914. The minimum absolute atomic E-state index is 0.146. The van der Waals surface area contributed by atoms with Gasteiger partial charge in [0.25, 0.3) is 0 Å². The van der Waals surface area contributed by atoms with Crippen molar-refractivity contribution in [3.63, 3.8) is 0 Å². The molecule has 0 amide bonds. The number of pyridine rings is 1. The highest BCUT2D eigenvalue weighted by Gasteiger charge is 2.41. The van der Waals surface area contributed by atoms with E-state index in [-0.39, 0.29) is 5.54 Å². The molecule has 98 valence electrons. The van der Waals surface area contributed by atoms with Crippen LogP contribution in [0.3, 0.4) is 0 Å². The summed E-state index contributed by atoms with van der Waals surface area (Å²) in [6.45, 7) is 0. The van der Waals surface area contributed by atoms with Crippen LogP contribution in [-0.4, -0.2) is 14.8 Å². The summed E-state index contributed by atoms with van der Waals surface area (Å²) in [5, 5.41) is 4.60. The molecule has 2 aromatic rings. The maximum atomic E-state index is 6.17. The summed E-state index contributed by atoms with van der Waals surface area (Å²) in [5.41, 5.74) is 10.7. The van der Waals surface area contributed by atoms with Crippen LogP contribution in [0.15, 0.2) is 24.5 Å². The lowest BCUT2D eigenvalue weighted by atomic mass is 10.0. The van der Waals surface area contributed by atoms with E-state index in [0.29, 0.717) is 5.92 Å². The van der Waals surface area contributed by atoms with Crippen LogP contribution in [0.5, 0.6) is 0 Å². The molecule has 2 aliphatic carbocycles. The largest absolute Gasteiger partial charge is 0.320 e. The van der Waals surface area contributed by atoms with Crippen molar-refractivity contribution < 1.29 is 0 Å². The summed E-state index contributed by atoms with van der Waals surface area (Å²) < 4.78 is 1.90. The molecule has 0 unspecified atom stereocenters. The lowest BCUT2D eigenvalue weighted by molar-refractivity contribution is 0.708. The van der Waals surface area contributed by atoms with Crippen molar-refractivity contribution in [2.24, 2.45) is 12.8 Å². The molecule has 2 N–H and O–H groups in total. The minimum Gasteiger partial charge on any atom is -0.320 e. The Balaban J connectivity index is 1.72. The molecule has 2 saturated carbocycles. The maximum Gasteiger partial charge on any atom is 0.0734 e. The predicted molar refractivity (Wildman–Crippen MR) is 73.5 cm³/mol. The normalized spacial score (nSPS) is 20.5. The number of hydrogen-bond donors (Lipinski definition) is 1. The first-order valence-electron chi connectivity index (χ1n) is 6.95. The van der Waals surface area contributed by atoms with E-state index in [4.69, 9.17) is 5.73 Å². The number of aromatic nitrogens is 3. The van der Waals surface area contributed by atoms with Gasteiger partial charge in [0.1, 0.15) is 0 Å². The van der Waals surface area contributed by atoms with E-state index in [1.54, 1.807) is 0 Å². The standard InChI is InChI=1S/C15H18N4/c1-19-9-12(14(18-19)10-2-3-10)11-4-5-13(17-8-11)15(16)6-7-15/h4-5,8-10H,2-3,6-7,16H2,1H3. The van der Waals surface area contributed by atoms with E-state index in [0.717, 1.165) is 24.1 Å². The maximum absolute atomic E-state index is 6.17. The molecule has 2 fully saturated rings. The van der Waals surface area contributed by atoms with Crippen LogP contribution in [0.1, 0.15) is 43.0 Å². The van der Waals surface area contributed by atoms with Gasteiger partial charge >= 0.3 is 0 Å². The summed E-state index contributed by atoms with van der Waals surface area (Å²) in [7, 11) is 1.98. The third kappa shape index (κ3) is 1.87. The second-order valence-electron chi connectivity index (χ2n) is 5.96. The second-order valence-corrected chi connectivity index (χ2v) is 5.96. The molecule has 4 nitrogen and oxygen atoms in total. The van der Waals surface area contributed by atoms with Gasteiger partial charge < -0.3 is 5.73 Å². The Bertz CT molecular complexity index is 618. The van der Waals surface area contributed by atoms with Gasteiger partial charge in [-0.25, -0.2) is 0 Å². The Hall–Kier alpha value is -1.68. The lowest BCUT2D eigenvalue weighted by Gasteiger charge is -2.08. The predicted octanol–water partition coefficient (Wildman–Crippen LogP) is 2.31. The zero-order chi connectivity index (χ0) is 13.0. The number of nitrogens with zero attached hydrogens (tertiary/aromatic N) is 3. The van der Waals surface area contributed by atoms with Gasteiger partial charge in [-0.3, -0.25) is 9.67 Å². The average Bonchev–Trinajstić information content (AvgIpc) is 3.32.